The molecule has 6 heteroatoms. The van der Waals surface area contributed by atoms with Gasteiger partial charge in [0, 0.05) is 12.4 Å². The van der Waals surface area contributed by atoms with Gasteiger partial charge in [0.2, 0.25) is 0 Å². The number of imidazole rings is 1. The first-order valence-corrected chi connectivity index (χ1v) is 2.51. The average molecular weight is 278 g/mol. The van der Waals surface area contributed by atoms with Crippen molar-refractivity contribution in [1.29, 1.82) is 0 Å². The zero-order valence-electron chi connectivity index (χ0n) is 5.40. The van der Waals surface area contributed by atoms with Gasteiger partial charge in [-0.15, -0.1) is 0 Å². The fourth-order valence-corrected chi connectivity index (χ4v) is 0.344. The fraction of sp³-hybridized carbons (Fsp3) is 0.200. The van der Waals surface area contributed by atoms with Gasteiger partial charge in [0.1, 0.15) is 5.82 Å². The summed E-state index contributed by atoms with van der Waals surface area (Å²) in [4.78, 5) is 15.3. The van der Waals surface area contributed by atoms with Gasteiger partial charge < -0.3 is 15.2 Å². The zero-order chi connectivity index (χ0) is 7.98. The maximum atomic E-state index is 8.56. The molecule has 58 valence electrons. The van der Waals surface area contributed by atoms with Crippen molar-refractivity contribution >= 4 is 75.0 Å². The molecule has 3 N–H and O–H groups in total. The predicted molar refractivity (Wildman–Crippen MR) is 41.1 cm³/mol. The molecule has 0 aromatic carbocycles. The molecule has 5 nitrogen and oxygen atoms in total. The Hall–Kier alpha value is 0.532. The Balaban J connectivity index is 0. The van der Waals surface area contributed by atoms with Gasteiger partial charge in [-0.3, -0.25) is 0 Å². The number of H-pyrrole nitrogens is 1. The molecule has 11 heavy (non-hydrogen) atoms. The molecule has 0 aliphatic carbocycles. The molecule has 0 aliphatic rings. The Morgan fingerprint density at radius 1 is 1.64 bits per heavy atom. The Morgan fingerprint density at radius 3 is 2.18 bits per heavy atom. The van der Waals surface area contributed by atoms with E-state index in [0.29, 0.717) is 0 Å². The summed E-state index contributed by atoms with van der Waals surface area (Å²) in [6.07, 6.45) is 1.70. The normalized spacial score (nSPS) is 7.00. The van der Waals surface area contributed by atoms with Crippen LogP contribution in [0.2, 0.25) is 0 Å². The summed E-state index contributed by atoms with van der Waals surface area (Å²) >= 11 is 0. The Labute approximate surface area is 123 Å². The molecule has 0 saturated carbocycles. The van der Waals surface area contributed by atoms with Gasteiger partial charge >= 0.3 is 75.0 Å². The first kappa shape index (κ1) is 14.1. The monoisotopic (exact) mass is 278 g/mol. The summed E-state index contributed by atoms with van der Waals surface area (Å²) in [6.45, 7) is 1.92. The fourth-order valence-electron chi connectivity index (χ4n) is 0.344. The summed E-state index contributed by atoms with van der Waals surface area (Å²) in [5.41, 5.74) is 0. The molecule has 0 saturated heterocycles. The summed E-state index contributed by atoms with van der Waals surface area (Å²) in [7, 11) is 0. The second-order valence-electron chi connectivity index (χ2n) is 1.46. The van der Waals surface area contributed by atoms with Crippen LogP contribution in [0.1, 0.15) is 5.82 Å². The molecule has 1 rings (SSSR count). The van der Waals surface area contributed by atoms with Crippen LogP contribution in [-0.2, 0) is 0 Å². The van der Waals surface area contributed by atoms with Crippen LogP contribution in [0.15, 0.2) is 12.4 Å². The van der Waals surface area contributed by atoms with E-state index in [1.54, 1.807) is 12.4 Å². The molecule has 0 amide bonds. The SMILES string of the molecule is Cc1ncc[nH]1.O=C(O)O.[CsH]. The Kier molecular flexibility index (Phi) is 11.0. The van der Waals surface area contributed by atoms with Crippen LogP contribution < -0.4 is 0 Å². The van der Waals surface area contributed by atoms with E-state index in [1.165, 1.54) is 0 Å². The molecule has 1 heterocycles. The molecule has 1 aromatic rings. The third-order valence-corrected chi connectivity index (χ3v) is 0.635. The number of hydrogen-bond acceptors (Lipinski definition) is 2. The number of aromatic nitrogens is 2. The molecule has 0 unspecified atom stereocenters. The standard InChI is InChI=1S/C4H6N2.CH2O3.Cs.H/c1-4-5-2-3-6-4;2-1(3)4;;/h2-3H,1H3,(H,5,6);(H2,2,3,4);;. The average Bonchev–Trinajstić information content (AvgIpc) is 2.15. The van der Waals surface area contributed by atoms with Crippen molar-refractivity contribution in [1.82, 2.24) is 9.97 Å². The van der Waals surface area contributed by atoms with Gasteiger partial charge in [-0.2, -0.15) is 0 Å². The van der Waals surface area contributed by atoms with E-state index in [4.69, 9.17) is 15.0 Å². The van der Waals surface area contributed by atoms with E-state index in [2.05, 4.69) is 9.97 Å². The van der Waals surface area contributed by atoms with Crippen LogP contribution in [0, 0.1) is 6.92 Å². The third-order valence-electron chi connectivity index (χ3n) is 0.635. The molecule has 0 bridgehead atoms. The van der Waals surface area contributed by atoms with E-state index in [-0.39, 0.29) is 68.9 Å². The van der Waals surface area contributed by atoms with Crippen molar-refractivity contribution in [3.63, 3.8) is 0 Å². The van der Waals surface area contributed by atoms with E-state index < -0.39 is 6.16 Å². The Bertz CT molecular complexity index is 184. The van der Waals surface area contributed by atoms with Crippen molar-refractivity contribution in [2.24, 2.45) is 0 Å². The molecule has 0 atom stereocenters. The Morgan fingerprint density at radius 2 is 2.09 bits per heavy atom. The molecule has 0 aliphatic heterocycles. The van der Waals surface area contributed by atoms with Crippen LogP contribution in [0.5, 0.6) is 0 Å². The number of nitrogens with zero attached hydrogens (tertiary/aromatic N) is 1. The van der Waals surface area contributed by atoms with E-state index in [1.807, 2.05) is 6.92 Å². The number of carbonyl (C=O) groups is 1. The number of rotatable bonds is 0. The van der Waals surface area contributed by atoms with Crippen molar-refractivity contribution in [2.75, 3.05) is 0 Å². The summed E-state index contributed by atoms with van der Waals surface area (Å²) in [5.74, 6) is 0.968. The first-order valence-electron chi connectivity index (χ1n) is 2.51. The van der Waals surface area contributed by atoms with E-state index >= 15 is 0 Å². The van der Waals surface area contributed by atoms with Gasteiger partial charge in [-0.25, -0.2) is 9.78 Å². The van der Waals surface area contributed by atoms with E-state index in [9.17, 15) is 0 Å². The molecule has 0 radical (unpaired) electrons. The zero-order valence-corrected chi connectivity index (χ0v) is 5.40. The van der Waals surface area contributed by atoms with Gasteiger partial charge in [-0.05, 0) is 6.92 Å². The van der Waals surface area contributed by atoms with Crippen LogP contribution in [0.25, 0.3) is 0 Å². The van der Waals surface area contributed by atoms with Crippen molar-refractivity contribution < 1.29 is 15.0 Å². The van der Waals surface area contributed by atoms with Gasteiger partial charge in [0.15, 0.2) is 0 Å². The van der Waals surface area contributed by atoms with Gasteiger partial charge in [-0.1, -0.05) is 0 Å². The second kappa shape index (κ2) is 8.63. The number of nitrogens with one attached hydrogen (secondary N) is 1. The number of carboxylic acid groups (broad SMARTS) is 2. The van der Waals surface area contributed by atoms with Crippen molar-refractivity contribution in [3.05, 3.63) is 18.2 Å². The summed E-state index contributed by atoms with van der Waals surface area (Å²) in [6, 6.07) is 0. The molecule has 0 spiro atoms. The molecule has 1 aromatic heterocycles. The second-order valence-corrected chi connectivity index (χ2v) is 1.46. The van der Waals surface area contributed by atoms with Gasteiger partial charge in [0.25, 0.3) is 0 Å². The quantitative estimate of drug-likeness (QED) is 0.636. The first-order chi connectivity index (χ1) is 4.63. The summed E-state index contributed by atoms with van der Waals surface area (Å²) in [5, 5.41) is 13.9. The predicted octanol–water partition coefficient (Wildman–Crippen LogP) is 0.292. The van der Waals surface area contributed by atoms with Crippen LogP contribution >= 0.6 is 0 Å². The van der Waals surface area contributed by atoms with E-state index in [0.717, 1.165) is 5.82 Å². The minimum atomic E-state index is -1.83. The van der Waals surface area contributed by atoms with Gasteiger partial charge in [0.05, 0.1) is 0 Å². The van der Waals surface area contributed by atoms with Crippen LogP contribution in [-0.4, -0.2) is 95.2 Å². The summed E-state index contributed by atoms with van der Waals surface area (Å²) < 4.78 is 0. The topological polar surface area (TPSA) is 86.2 Å². The maximum absolute atomic E-state index is 8.56. The van der Waals surface area contributed by atoms with Crippen LogP contribution in [0.4, 0.5) is 4.79 Å². The number of hydrogen-bond donors (Lipinski definition) is 3. The van der Waals surface area contributed by atoms with Crippen LogP contribution in [0.3, 0.4) is 0 Å². The molecular formula is C5H9CsN2O3. The number of aryl methyl sites for hydroxylation is 1. The van der Waals surface area contributed by atoms with Crippen molar-refractivity contribution in [3.8, 4) is 0 Å². The van der Waals surface area contributed by atoms with Crippen molar-refractivity contribution in [2.45, 2.75) is 6.92 Å². The third kappa shape index (κ3) is 13.5. The molecule has 0 fully saturated rings. The minimum absolute atomic E-state index is 0. The molecular weight excluding hydrogens is 269 g/mol. The number of aromatic amines is 1.